The van der Waals surface area contributed by atoms with Gasteiger partial charge in [-0.05, 0) is 0 Å². The fourth-order valence-corrected chi connectivity index (χ4v) is 2.52. The summed E-state index contributed by atoms with van der Waals surface area (Å²) in [4.78, 5) is 0. The van der Waals surface area contributed by atoms with Crippen LogP contribution in [-0.4, -0.2) is 52.4 Å². The second-order valence-electron chi connectivity index (χ2n) is 2.18. The minimum atomic E-state index is -0.253. The van der Waals surface area contributed by atoms with Crippen molar-refractivity contribution < 1.29 is 68.7 Å². The van der Waals surface area contributed by atoms with E-state index < -0.39 is 0 Å². The first-order chi connectivity index (χ1) is 11.1. The van der Waals surface area contributed by atoms with Crippen LogP contribution in [0.4, 0.5) is 0 Å². The van der Waals surface area contributed by atoms with Crippen LogP contribution in [0.1, 0.15) is 0 Å². The summed E-state index contributed by atoms with van der Waals surface area (Å²) < 4.78 is 3.68. The van der Waals surface area contributed by atoms with E-state index in [-0.39, 0.29) is 167 Å². The average Bonchev–Trinajstić information content (AvgIpc) is 2.64. The van der Waals surface area contributed by atoms with Gasteiger partial charge in [-0.3, -0.25) is 0 Å². The van der Waals surface area contributed by atoms with Crippen LogP contribution in [0.3, 0.4) is 0 Å². The number of hydrogen-bond acceptors (Lipinski definition) is 0. The second-order valence-corrected chi connectivity index (χ2v) is 6.08. The third-order valence-electron chi connectivity index (χ3n) is 0.542. The second kappa shape index (κ2) is 233. The van der Waals surface area contributed by atoms with Gasteiger partial charge in [-0.25, -0.2) is 0 Å². The van der Waals surface area contributed by atoms with Crippen LogP contribution in [0.15, 0.2) is 0 Å². The van der Waals surface area contributed by atoms with Gasteiger partial charge >= 0.3 is 99.8 Å². The van der Waals surface area contributed by atoms with Gasteiger partial charge in [-0.2, -0.15) is 52.4 Å². The smallest absolute Gasteiger partial charge is 0.693 e. The van der Waals surface area contributed by atoms with Crippen molar-refractivity contribution in [3.8, 4) is 0 Å². The summed E-state index contributed by atoms with van der Waals surface area (Å²) >= 11 is 1.32. The summed E-state index contributed by atoms with van der Waals surface area (Å²) in [7, 11) is 14.9. The van der Waals surface area contributed by atoms with Crippen LogP contribution in [0.2, 0.25) is 0 Å². The fourth-order valence-electron chi connectivity index (χ4n) is 0.00799. The molecule has 0 bridgehead atoms. The predicted octanol–water partition coefficient (Wildman–Crippen LogP) is 12.8. The molecule has 0 rings (SSSR count). The summed E-state index contributed by atoms with van der Waals surface area (Å²) in [5, 5.41) is 0. The Labute approximate surface area is 258 Å². The topological polar surface area (TPSA) is 506 Å². The zero-order valence-corrected chi connectivity index (χ0v) is 28.1. The minimum absolute atomic E-state index is 0. The van der Waals surface area contributed by atoms with Crippen LogP contribution < -0.4 is 2.05 Å². The first-order valence-corrected chi connectivity index (χ1v) is 13.8. The number of hydrogen-bond donors (Lipinski definition) is 0. The molecule has 0 atom stereocenters. The molecule has 0 aliphatic carbocycles. The van der Waals surface area contributed by atoms with Crippen LogP contribution in [0, 0.1) is 7.43 Å². The molecule has 235 valence electrons. The van der Waals surface area contributed by atoms with E-state index in [1.165, 1.54) is 0 Å². The van der Waals surface area contributed by atoms with Gasteiger partial charge in [-0.1, -0.05) is 0 Å². The summed E-state index contributed by atoms with van der Waals surface area (Å²) in [6.45, 7) is 1.89. The Morgan fingerprint density at radius 3 is 0.529 bits per heavy atom. The van der Waals surface area contributed by atoms with E-state index in [1.54, 1.807) is 0 Å². The molecule has 0 saturated carbocycles. The van der Waals surface area contributed by atoms with Crippen molar-refractivity contribution in [1.29, 1.82) is 0 Å². The molecule has 0 spiro atoms. The Morgan fingerprint density at radius 2 is 0.529 bits per heavy atom. The van der Waals surface area contributed by atoms with E-state index >= 15 is 0 Å². The van der Waals surface area contributed by atoms with E-state index in [4.69, 9.17) is 65.3 Å². The molecule has 0 aromatic carbocycles. The predicted molar refractivity (Wildman–Crippen MR) is 147 cm³/mol. The quantitative estimate of drug-likeness (QED) is 0.144. The van der Waals surface area contributed by atoms with E-state index in [0.717, 1.165) is 0 Å². The van der Waals surface area contributed by atoms with Crippen LogP contribution in [0.5, 0.6) is 0 Å². The molecule has 0 heterocycles. The number of halogens is 3. The van der Waals surface area contributed by atoms with Gasteiger partial charge in [0.2, 0.25) is 0 Å². The van der Waals surface area contributed by atoms with Crippen molar-refractivity contribution in [2.45, 2.75) is 0 Å². The van der Waals surface area contributed by atoms with Crippen molar-refractivity contribution in [1.82, 2.24) is 2.05 Å². The SMILES string of the molecule is [CH3-].[Cl][Ru].[Cl][Ru]=[N+]=[Ru][Cl].[NH-]CC[NH-].[NH-]CC[NH-].[NH-]CC[NH-].[NH-]CC[NH-].[NH2-].[NH2-].[NH2-].[NH2-].[NH2-].[NH2-].[NH2-].[NH2-].[NH2-].[Ru+6]. The van der Waals surface area contributed by atoms with Gasteiger partial charge in [-0.15, -0.1) is 0 Å². The molecular weight excluding hydrogens is 871 g/mol. The molecule has 0 aromatic rings. The third kappa shape index (κ3) is 544. The Kier molecular flexibility index (Phi) is 832. The molecule has 0 aliphatic heterocycles. The van der Waals surface area contributed by atoms with Gasteiger partial charge in [0.05, 0.1) is 0 Å². The zero-order chi connectivity index (χ0) is 19.8. The molecule has 0 aromatic heterocycles. The van der Waals surface area contributed by atoms with E-state index in [1.807, 2.05) is 17.3 Å². The van der Waals surface area contributed by atoms with Crippen LogP contribution in [-0.2, 0) is 68.7 Å². The summed E-state index contributed by atoms with van der Waals surface area (Å²) in [5.41, 5.74) is 50.1. The zero-order valence-electron chi connectivity index (χ0n) is 18.8. The molecule has 0 saturated heterocycles. The summed E-state index contributed by atoms with van der Waals surface area (Å²) in [6, 6.07) is 0. The molecule has 0 fully saturated rings. The van der Waals surface area contributed by atoms with Crippen LogP contribution >= 0.6 is 29.1 Å². The molecule has 26 N–H and O–H groups in total. The van der Waals surface area contributed by atoms with E-state index in [2.05, 4.69) is 11.7 Å². The number of nitrogens with zero attached hydrogens (tertiary/aromatic N) is 1. The molecule has 0 radical (unpaired) electrons. The fraction of sp³-hybridized carbons (Fsp3) is 0.889. The maximum Gasteiger partial charge on any atom is 6.00 e. The Bertz CT molecular complexity index is 165. The molecule has 25 heteroatoms. The Hall–Kier alpha value is 2.39. The Balaban J connectivity index is -0.00000000645. The molecule has 34 heavy (non-hydrogen) atoms. The van der Waals surface area contributed by atoms with Crippen molar-refractivity contribution in [3.05, 3.63) is 109 Å². The maximum absolute atomic E-state index is 6.26. The van der Waals surface area contributed by atoms with Crippen molar-refractivity contribution >= 4 is 29.1 Å². The maximum atomic E-state index is 6.26. The summed E-state index contributed by atoms with van der Waals surface area (Å²) in [5.74, 6) is 0. The largest absolute Gasteiger partial charge is 6.00 e. The van der Waals surface area contributed by atoms with Gasteiger partial charge in [0.15, 0.2) is 0 Å². The van der Waals surface area contributed by atoms with Crippen molar-refractivity contribution in [2.75, 3.05) is 52.4 Å². The van der Waals surface area contributed by atoms with Gasteiger partial charge < -0.3 is 109 Å². The summed E-state index contributed by atoms with van der Waals surface area (Å²) in [6.07, 6.45) is 0. The van der Waals surface area contributed by atoms with Gasteiger partial charge in [0.25, 0.3) is 0 Å². The van der Waals surface area contributed by atoms with E-state index in [9.17, 15) is 0 Å². The monoisotopic (exact) mass is 918 g/mol. The molecule has 0 amide bonds. The van der Waals surface area contributed by atoms with E-state index in [0.29, 0.717) is 0 Å². The normalized spacial score (nSPS) is 4.71. The first-order valence-electron chi connectivity index (χ1n) is 5.55. The average molecular weight is 916 g/mol. The third-order valence-corrected chi connectivity index (χ3v) is 4.94. The van der Waals surface area contributed by atoms with Crippen molar-refractivity contribution in [2.24, 2.45) is 0 Å². The molecule has 0 unspecified atom stereocenters. The minimum Gasteiger partial charge on any atom is -0.693 e. The standard InChI is InChI=1S/4C2H6N2.CH3.3ClH.9H2N.N.4Ru/c4*3-1-2-4;;;;;;;;;;;;;;;;;;/h4*3-4H,1-2H2;1H3;3*1H;9*1H2;;;;;/q4*-2;-1;;;;9*-1;4*+1;+6/p-3. The number of nitrogens with one attached hydrogen (secondary N) is 8. The number of nitrogens with two attached hydrogens (primary N) is 9. The van der Waals surface area contributed by atoms with Gasteiger partial charge in [0.1, 0.15) is 0 Å². The van der Waals surface area contributed by atoms with Gasteiger partial charge in [0, 0.05) is 0 Å². The van der Waals surface area contributed by atoms with Crippen LogP contribution in [0.25, 0.3) is 101 Å². The molecular formula is C9H45Cl3N18Ru4-11. The number of rotatable bonds is 4. The molecule has 0 aliphatic rings. The Morgan fingerprint density at radius 1 is 0.441 bits per heavy atom. The van der Waals surface area contributed by atoms with Crippen molar-refractivity contribution in [3.63, 3.8) is 0 Å². The molecule has 18 nitrogen and oxygen atoms in total. The first kappa shape index (κ1) is 121.